The van der Waals surface area contributed by atoms with Crippen molar-refractivity contribution in [2.45, 2.75) is 27.7 Å². The molecule has 0 saturated carbocycles. The Labute approximate surface area is 102 Å². The largest absolute Gasteiger partial charge is 0.340 e. The second-order valence-electron chi connectivity index (χ2n) is 4.31. The molecule has 1 N–H and O–H groups in total. The minimum Gasteiger partial charge on any atom is -0.340 e. The Morgan fingerprint density at radius 3 is 2.47 bits per heavy atom. The van der Waals surface area contributed by atoms with Gasteiger partial charge in [0.15, 0.2) is 0 Å². The fraction of sp³-hybridized carbons (Fsp3) is 0.286. The number of aromatic nitrogens is 2. The van der Waals surface area contributed by atoms with E-state index >= 15 is 0 Å². The third-order valence-corrected chi connectivity index (χ3v) is 2.83. The number of anilines is 2. The second-order valence-corrected chi connectivity index (χ2v) is 4.31. The van der Waals surface area contributed by atoms with Crippen LogP contribution >= 0.6 is 0 Å². The van der Waals surface area contributed by atoms with E-state index in [1.807, 2.05) is 26.0 Å². The van der Waals surface area contributed by atoms with Crippen LogP contribution in [0.3, 0.4) is 0 Å². The highest BCUT2D eigenvalue weighted by Crippen LogP contribution is 2.21. The molecule has 0 atom stereocenters. The van der Waals surface area contributed by atoms with Gasteiger partial charge in [0.2, 0.25) is 0 Å². The van der Waals surface area contributed by atoms with Gasteiger partial charge in [-0.2, -0.15) is 0 Å². The van der Waals surface area contributed by atoms with Gasteiger partial charge in [0.1, 0.15) is 11.6 Å². The summed E-state index contributed by atoms with van der Waals surface area (Å²) < 4.78 is 0. The predicted octanol–water partition coefficient (Wildman–Crippen LogP) is 3.45. The molecule has 3 heteroatoms. The van der Waals surface area contributed by atoms with E-state index in [0.717, 1.165) is 23.0 Å². The van der Waals surface area contributed by atoms with Crippen LogP contribution in [0.4, 0.5) is 11.5 Å². The summed E-state index contributed by atoms with van der Waals surface area (Å²) in [5.74, 6) is 1.64. The number of nitrogens with one attached hydrogen (secondary N) is 1. The van der Waals surface area contributed by atoms with Gasteiger partial charge in [-0.1, -0.05) is 12.1 Å². The molecule has 17 heavy (non-hydrogen) atoms. The Balaban J connectivity index is 2.34. The standard InChI is InChI=1S/C14H17N3/c1-9-6-5-7-13(11(9)3)17-14-8-10(2)15-12(4)16-14/h5-8H,1-4H3,(H,15,16,17). The number of rotatable bonds is 2. The van der Waals surface area contributed by atoms with Crippen LogP contribution in [0.1, 0.15) is 22.6 Å². The first-order valence-corrected chi connectivity index (χ1v) is 5.72. The van der Waals surface area contributed by atoms with Crippen LogP contribution < -0.4 is 5.32 Å². The van der Waals surface area contributed by atoms with Gasteiger partial charge in [-0.15, -0.1) is 0 Å². The topological polar surface area (TPSA) is 37.8 Å². The van der Waals surface area contributed by atoms with E-state index in [2.05, 4.69) is 41.3 Å². The molecule has 0 spiro atoms. The summed E-state index contributed by atoms with van der Waals surface area (Å²) in [7, 11) is 0. The third kappa shape index (κ3) is 2.61. The van der Waals surface area contributed by atoms with E-state index in [9.17, 15) is 0 Å². The fourth-order valence-electron chi connectivity index (χ4n) is 1.81. The van der Waals surface area contributed by atoms with Crippen LogP contribution in [-0.4, -0.2) is 9.97 Å². The van der Waals surface area contributed by atoms with Crippen molar-refractivity contribution >= 4 is 11.5 Å². The molecule has 1 aromatic heterocycles. The molecular formula is C14H17N3. The van der Waals surface area contributed by atoms with Crippen molar-refractivity contribution in [3.8, 4) is 0 Å². The molecule has 2 rings (SSSR count). The zero-order chi connectivity index (χ0) is 12.4. The van der Waals surface area contributed by atoms with Crippen molar-refractivity contribution in [2.75, 3.05) is 5.32 Å². The second kappa shape index (κ2) is 4.53. The van der Waals surface area contributed by atoms with E-state index < -0.39 is 0 Å². The van der Waals surface area contributed by atoms with Crippen LogP contribution in [-0.2, 0) is 0 Å². The molecule has 0 radical (unpaired) electrons. The van der Waals surface area contributed by atoms with Gasteiger partial charge in [-0.25, -0.2) is 9.97 Å². The summed E-state index contributed by atoms with van der Waals surface area (Å²) in [5, 5.41) is 3.34. The Bertz CT molecular complexity index is 527. The van der Waals surface area contributed by atoms with E-state index in [1.165, 1.54) is 11.1 Å². The summed E-state index contributed by atoms with van der Waals surface area (Å²) in [5.41, 5.74) is 4.60. The van der Waals surface area contributed by atoms with Gasteiger partial charge < -0.3 is 5.32 Å². The van der Waals surface area contributed by atoms with Gasteiger partial charge >= 0.3 is 0 Å². The van der Waals surface area contributed by atoms with E-state index in [4.69, 9.17) is 0 Å². The lowest BCUT2D eigenvalue weighted by atomic mass is 10.1. The quantitative estimate of drug-likeness (QED) is 0.853. The molecule has 0 unspecified atom stereocenters. The Morgan fingerprint density at radius 1 is 1.00 bits per heavy atom. The molecule has 0 bridgehead atoms. The molecule has 1 heterocycles. The molecule has 0 saturated heterocycles. The van der Waals surface area contributed by atoms with Crippen molar-refractivity contribution in [2.24, 2.45) is 0 Å². The average molecular weight is 227 g/mol. The molecule has 0 amide bonds. The van der Waals surface area contributed by atoms with Gasteiger partial charge in [0.05, 0.1) is 0 Å². The fourth-order valence-corrected chi connectivity index (χ4v) is 1.81. The normalized spacial score (nSPS) is 10.4. The highest BCUT2D eigenvalue weighted by atomic mass is 15.0. The zero-order valence-electron chi connectivity index (χ0n) is 10.7. The molecule has 3 nitrogen and oxygen atoms in total. The van der Waals surface area contributed by atoms with Crippen LogP contribution in [0.25, 0.3) is 0 Å². The van der Waals surface area contributed by atoms with Gasteiger partial charge in [-0.05, 0) is 44.9 Å². The molecule has 0 aliphatic heterocycles. The maximum Gasteiger partial charge on any atom is 0.134 e. The Morgan fingerprint density at radius 2 is 1.76 bits per heavy atom. The number of benzene rings is 1. The molecule has 1 aromatic carbocycles. The number of aryl methyl sites for hydroxylation is 3. The van der Waals surface area contributed by atoms with Crippen molar-refractivity contribution in [1.82, 2.24) is 9.97 Å². The van der Waals surface area contributed by atoms with E-state index in [-0.39, 0.29) is 0 Å². The first-order valence-electron chi connectivity index (χ1n) is 5.72. The first kappa shape index (κ1) is 11.6. The minimum absolute atomic E-state index is 0.790. The van der Waals surface area contributed by atoms with E-state index in [1.54, 1.807) is 0 Å². The molecule has 0 aliphatic rings. The smallest absolute Gasteiger partial charge is 0.134 e. The Hall–Kier alpha value is -1.90. The highest BCUT2D eigenvalue weighted by molar-refractivity contribution is 5.62. The zero-order valence-corrected chi connectivity index (χ0v) is 10.7. The molecule has 0 aliphatic carbocycles. The monoisotopic (exact) mass is 227 g/mol. The maximum absolute atomic E-state index is 4.38. The lowest BCUT2D eigenvalue weighted by molar-refractivity contribution is 1.01. The average Bonchev–Trinajstić information content (AvgIpc) is 2.23. The van der Waals surface area contributed by atoms with Crippen LogP contribution in [0.5, 0.6) is 0 Å². The third-order valence-electron chi connectivity index (χ3n) is 2.83. The van der Waals surface area contributed by atoms with Crippen LogP contribution in [0, 0.1) is 27.7 Å². The number of hydrogen-bond donors (Lipinski definition) is 1. The summed E-state index contributed by atoms with van der Waals surface area (Å²) in [6.07, 6.45) is 0. The highest BCUT2D eigenvalue weighted by Gasteiger charge is 2.03. The lowest BCUT2D eigenvalue weighted by Gasteiger charge is -2.11. The summed E-state index contributed by atoms with van der Waals surface area (Å²) in [6, 6.07) is 8.17. The molecule has 0 fully saturated rings. The molecule has 88 valence electrons. The van der Waals surface area contributed by atoms with Crippen molar-refractivity contribution in [3.05, 3.63) is 46.9 Å². The molecule has 2 aromatic rings. The van der Waals surface area contributed by atoms with Crippen molar-refractivity contribution in [3.63, 3.8) is 0 Å². The first-order chi connectivity index (χ1) is 8.06. The Kier molecular flexibility index (Phi) is 3.09. The SMILES string of the molecule is Cc1cc(Nc2cccc(C)c2C)nc(C)n1. The van der Waals surface area contributed by atoms with Gasteiger partial charge in [0, 0.05) is 17.4 Å². The maximum atomic E-state index is 4.38. The lowest BCUT2D eigenvalue weighted by Crippen LogP contribution is -2.00. The van der Waals surface area contributed by atoms with Crippen molar-refractivity contribution < 1.29 is 0 Å². The summed E-state index contributed by atoms with van der Waals surface area (Å²) >= 11 is 0. The number of hydrogen-bond acceptors (Lipinski definition) is 3. The van der Waals surface area contributed by atoms with Crippen LogP contribution in [0.2, 0.25) is 0 Å². The van der Waals surface area contributed by atoms with Gasteiger partial charge in [-0.3, -0.25) is 0 Å². The number of nitrogens with zero attached hydrogens (tertiary/aromatic N) is 2. The van der Waals surface area contributed by atoms with Crippen molar-refractivity contribution in [1.29, 1.82) is 0 Å². The van der Waals surface area contributed by atoms with E-state index in [0.29, 0.717) is 0 Å². The van der Waals surface area contributed by atoms with Crippen LogP contribution in [0.15, 0.2) is 24.3 Å². The predicted molar refractivity (Wildman–Crippen MR) is 70.7 cm³/mol. The summed E-state index contributed by atoms with van der Waals surface area (Å²) in [4.78, 5) is 8.64. The summed E-state index contributed by atoms with van der Waals surface area (Å²) in [6.45, 7) is 8.10. The molecular weight excluding hydrogens is 210 g/mol. The minimum atomic E-state index is 0.790. The van der Waals surface area contributed by atoms with Gasteiger partial charge in [0.25, 0.3) is 0 Å².